The molecule has 0 radical (unpaired) electrons. The molecule has 120 valence electrons. The summed E-state index contributed by atoms with van der Waals surface area (Å²) < 4.78 is 7.07. The molecule has 3 heterocycles. The molecule has 23 heavy (non-hydrogen) atoms. The Morgan fingerprint density at radius 2 is 2.13 bits per heavy atom. The largest absolute Gasteiger partial charge is 0.348 e. The van der Waals surface area contributed by atoms with Crippen LogP contribution in [0.5, 0.6) is 0 Å². The molecule has 0 unspecified atom stereocenters. The normalized spacial score (nSPS) is 11.1. The summed E-state index contributed by atoms with van der Waals surface area (Å²) in [6.45, 7) is 8.89. The Hall–Kier alpha value is -2.70. The standard InChI is InChI=1S/C16H19N5O2/c1-5-21-11(4)12(8-18-21)7-17-15(22)13-6-9(2)19-16-14(13)10(3)20-23-16/h6,8H,5,7H2,1-4H3,(H,17,22). The molecule has 0 fully saturated rings. The molecule has 7 heteroatoms. The smallest absolute Gasteiger partial charge is 0.258 e. The molecule has 1 amide bonds. The van der Waals surface area contributed by atoms with Crippen LogP contribution in [0, 0.1) is 20.8 Å². The van der Waals surface area contributed by atoms with Crippen molar-refractivity contribution in [2.75, 3.05) is 0 Å². The summed E-state index contributed by atoms with van der Waals surface area (Å²) in [6, 6.07) is 1.75. The molecule has 3 aromatic heterocycles. The molecule has 0 aliphatic heterocycles. The quantitative estimate of drug-likeness (QED) is 0.798. The van der Waals surface area contributed by atoms with Gasteiger partial charge >= 0.3 is 0 Å². The minimum absolute atomic E-state index is 0.171. The second kappa shape index (κ2) is 5.83. The van der Waals surface area contributed by atoms with E-state index in [0.29, 0.717) is 34.6 Å². The molecule has 0 saturated carbocycles. The molecule has 0 atom stereocenters. The maximum Gasteiger partial charge on any atom is 0.258 e. The number of carbonyl (C=O) groups excluding carboxylic acids is 1. The Morgan fingerprint density at radius 3 is 2.83 bits per heavy atom. The molecule has 1 N–H and O–H groups in total. The van der Waals surface area contributed by atoms with Crippen LogP contribution in [0.1, 0.15) is 39.9 Å². The van der Waals surface area contributed by atoms with E-state index < -0.39 is 0 Å². The highest BCUT2D eigenvalue weighted by molar-refractivity contribution is 6.05. The van der Waals surface area contributed by atoms with Gasteiger partial charge in [0.1, 0.15) is 0 Å². The minimum atomic E-state index is -0.171. The third-order valence-corrected chi connectivity index (χ3v) is 3.93. The average molecular weight is 313 g/mol. The van der Waals surface area contributed by atoms with Crippen molar-refractivity contribution in [3.8, 4) is 0 Å². The SMILES string of the molecule is CCn1ncc(CNC(=O)c2cc(C)nc3onc(C)c23)c1C. The van der Waals surface area contributed by atoms with E-state index in [4.69, 9.17) is 4.52 Å². The van der Waals surface area contributed by atoms with Gasteiger partial charge in [-0.15, -0.1) is 0 Å². The maximum atomic E-state index is 12.6. The van der Waals surface area contributed by atoms with Gasteiger partial charge in [0.2, 0.25) is 0 Å². The number of pyridine rings is 1. The van der Waals surface area contributed by atoms with Crippen LogP contribution in [0.2, 0.25) is 0 Å². The number of fused-ring (bicyclic) bond motifs is 1. The Morgan fingerprint density at radius 1 is 1.35 bits per heavy atom. The van der Waals surface area contributed by atoms with Gasteiger partial charge in [-0.2, -0.15) is 5.10 Å². The van der Waals surface area contributed by atoms with Crippen LogP contribution >= 0.6 is 0 Å². The summed E-state index contributed by atoms with van der Waals surface area (Å²) in [6.07, 6.45) is 1.79. The van der Waals surface area contributed by atoms with Gasteiger partial charge in [0.15, 0.2) is 0 Å². The molecule has 0 aliphatic rings. The van der Waals surface area contributed by atoms with Gasteiger partial charge in [-0.1, -0.05) is 5.16 Å². The Balaban J connectivity index is 1.86. The Labute approximate surface area is 133 Å². The highest BCUT2D eigenvalue weighted by atomic mass is 16.5. The van der Waals surface area contributed by atoms with Crippen LogP contribution in [-0.4, -0.2) is 25.8 Å². The van der Waals surface area contributed by atoms with Crippen molar-refractivity contribution in [2.24, 2.45) is 0 Å². The van der Waals surface area contributed by atoms with Crippen molar-refractivity contribution in [3.63, 3.8) is 0 Å². The van der Waals surface area contributed by atoms with Crippen molar-refractivity contribution in [2.45, 2.75) is 40.8 Å². The van der Waals surface area contributed by atoms with Crippen LogP contribution in [0.4, 0.5) is 0 Å². The summed E-state index contributed by atoms with van der Waals surface area (Å²) >= 11 is 0. The zero-order valence-electron chi connectivity index (χ0n) is 13.7. The van der Waals surface area contributed by atoms with E-state index in [1.807, 2.05) is 25.5 Å². The molecule has 0 saturated heterocycles. The third-order valence-electron chi connectivity index (χ3n) is 3.93. The summed E-state index contributed by atoms with van der Waals surface area (Å²) in [5, 5.41) is 11.8. The van der Waals surface area contributed by atoms with Gasteiger partial charge in [-0.05, 0) is 33.8 Å². The lowest BCUT2D eigenvalue weighted by Gasteiger charge is -2.07. The summed E-state index contributed by atoms with van der Waals surface area (Å²) in [5.74, 6) is -0.171. The number of rotatable bonds is 4. The number of hydrogen-bond donors (Lipinski definition) is 1. The fourth-order valence-corrected chi connectivity index (χ4v) is 2.65. The van der Waals surface area contributed by atoms with Crippen LogP contribution in [-0.2, 0) is 13.1 Å². The summed E-state index contributed by atoms with van der Waals surface area (Å²) in [4.78, 5) is 16.9. The van der Waals surface area contributed by atoms with Crippen molar-refractivity contribution in [1.82, 2.24) is 25.2 Å². The lowest BCUT2D eigenvalue weighted by Crippen LogP contribution is -2.23. The van der Waals surface area contributed by atoms with Gasteiger partial charge in [-0.3, -0.25) is 9.48 Å². The van der Waals surface area contributed by atoms with Gasteiger partial charge in [0.25, 0.3) is 11.6 Å². The Bertz CT molecular complexity index is 878. The fourth-order valence-electron chi connectivity index (χ4n) is 2.65. The van der Waals surface area contributed by atoms with Crippen LogP contribution in [0.25, 0.3) is 11.1 Å². The first-order valence-corrected chi connectivity index (χ1v) is 7.54. The lowest BCUT2D eigenvalue weighted by atomic mass is 10.1. The van der Waals surface area contributed by atoms with Gasteiger partial charge < -0.3 is 9.84 Å². The maximum absolute atomic E-state index is 12.6. The molecule has 7 nitrogen and oxygen atoms in total. The zero-order valence-corrected chi connectivity index (χ0v) is 13.7. The van der Waals surface area contributed by atoms with Crippen LogP contribution in [0.15, 0.2) is 16.8 Å². The first-order valence-electron chi connectivity index (χ1n) is 7.54. The van der Waals surface area contributed by atoms with Crippen molar-refractivity contribution in [1.29, 1.82) is 0 Å². The second-order valence-corrected chi connectivity index (χ2v) is 5.51. The fraction of sp³-hybridized carbons (Fsp3) is 0.375. The van der Waals surface area contributed by atoms with E-state index in [2.05, 4.69) is 20.6 Å². The number of nitrogens with zero attached hydrogens (tertiary/aromatic N) is 4. The van der Waals surface area contributed by atoms with Crippen LogP contribution < -0.4 is 5.32 Å². The molecule has 0 bridgehead atoms. The zero-order chi connectivity index (χ0) is 16.6. The molecular weight excluding hydrogens is 294 g/mol. The third kappa shape index (κ3) is 2.69. The van der Waals surface area contributed by atoms with Crippen molar-refractivity contribution in [3.05, 3.63) is 40.5 Å². The van der Waals surface area contributed by atoms with E-state index in [-0.39, 0.29) is 5.91 Å². The molecular formula is C16H19N5O2. The van der Waals surface area contributed by atoms with E-state index >= 15 is 0 Å². The number of nitrogens with one attached hydrogen (secondary N) is 1. The Kier molecular flexibility index (Phi) is 3.85. The number of aromatic nitrogens is 4. The van der Waals surface area contributed by atoms with Gasteiger partial charge in [-0.25, -0.2) is 4.98 Å². The highest BCUT2D eigenvalue weighted by Crippen LogP contribution is 2.22. The summed E-state index contributed by atoms with van der Waals surface area (Å²) in [7, 11) is 0. The molecule has 0 aromatic carbocycles. The number of aryl methyl sites for hydroxylation is 3. The number of hydrogen-bond acceptors (Lipinski definition) is 5. The van der Waals surface area contributed by atoms with Crippen molar-refractivity contribution < 1.29 is 9.32 Å². The van der Waals surface area contributed by atoms with E-state index in [1.165, 1.54) is 0 Å². The average Bonchev–Trinajstić information content (AvgIpc) is 3.07. The van der Waals surface area contributed by atoms with Gasteiger partial charge in [0.05, 0.1) is 22.8 Å². The molecule has 0 aliphatic carbocycles. The monoisotopic (exact) mass is 313 g/mol. The predicted octanol–water partition coefficient (Wildman–Crippen LogP) is 2.29. The van der Waals surface area contributed by atoms with Crippen molar-refractivity contribution >= 4 is 17.0 Å². The molecule has 3 rings (SSSR count). The number of amides is 1. The van der Waals surface area contributed by atoms with E-state index in [9.17, 15) is 4.79 Å². The lowest BCUT2D eigenvalue weighted by molar-refractivity contribution is 0.0952. The van der Waals surface area contributed by atoms with Gasteiger partial charge in [0, 0.05) is 30.0 Å². The van der Waals surface area contributed by atoms with E-state index in [0.717, 1.165) is 17.8 Å². The molecule has 0 spiro atoms. The predicted molar refractivity (Wildman–Crippen MR) is 85.1 cm³/mol. The first-order chi connectivity index (χ1) is 11.0. The highest BCUT2D eigenvalue weighted by Gasteiger charge is 2.18. The minimum Gasteiger partial charge on any atom is -0.348 e. The number of carbonyl (C=O) groups is 1. The first kappa shape index (κ1) is 15.2. The summed E-state index contributed by atoms with van der Waals surface area (Å²) in [5.41, 5.74) is 4.37. The molecule has 3 aromatic rings. The van der Waals surface area contributed by atoms with Crippen LogP contribution in [0.3, 0.4) is 0 Å². The second-order valence-electron chi connectivity index (χ2n) is 5.51. The van der Waals surface area contributed by atoms with E-state index in [1.54, 1.807) is 19.2 Å². The topological polar surface area (TPSA) is 85.8 Å².